The first-order valence-electron chi connectivity index (χ1n) is 7.25. The first kappa shape index (κ1) is 14.5. The van der Waals surface area contributed by atoms with Crippen molar-refractivity contribution in [1.29, 1.82) is 0 Å². The van der Waals surface area contributed by atoms with Gasteiger partial charge >= 0.3 is 0 Å². The van der Waals surface area contributed by atoms with Crippen molar-refractivity contribution in [3.63, 3.8) is 0 Å². The number of aliphatic hydroxyl groups excluding tert-OH is 1. The van der Waals surface area contributed by atoms with Crippen LogP contribution in [0.4, 0.5) is 4.39 Å². The summed E-state index contributed by atoms with van der Waals surface area (Å²) in [5, 5.41) is 10.7. The lowest BCUT2D eigenvalue weighted by Gasteiger charge is -2.43. The van der Waals surface area contributed by atoms with Gasteiger partial charge in [0.05, 0.1) is 6.10 Å². The molecule has 3 unspecified atom stereocenters. The lowest BCUT2D eigenvalue weighted by atomic mass is 9.64. The van der Waals surface area contributed by atoms with Crippen molar-refractivity contribution in [2.45, 2.75) is 45.1 Å². The van der Waals surface area contributed by atoms with Crippen LogP contribution < -0.4 is 5.73 Å². The number of aliphatic hydroxyl groups is 1. The molecule has 1 fully saturated rings. The van der Waals surface area contributed by atoms with Crippen LogP contribution in [0.25, 0.3) is 0 Å². The van der Waals surface area contributed by atoms with E-state index < -0.39 is 6.10 Å². The van der Waals surface area contributed by atoms with Gasteiger partial charge < -0.3 is 10.8 Å². The molecule has 1 aliphatic rings. The summed E-state index contributed by atoms with van der Waals surface area (Å²) in [6.07, 6.45) is 4.82. The SMILES string of the molecule is CCC1CCCC(CN)(C(O)c2ccc(F)cc2)C1. The minimum atomic E-state index is -0.590. The summed E-state index contributed by atoms with van der Waals surface area (Å²) in [6.45, 7) is 2.68. The van der Waals surface area contributed by atoms with Crippen LogP contribution >= 0.6 is 0 Å². The molecular formula is C16H24FNO. The quantitative estimate of drug-likeness (QED) is 0.876. The van der Waals surface area contributed by atoms with Crippen LogP contribution in [0.5, 0.6) is 0 Å². The number of hydrogen-bond donors (Lipinski definition) is 2. The Bertz CT molecular complexity index is 406. The van der Waals surface area contributed by atoms with E-state index in [0.717, 1.165) is 31.2 Å². The van der Waals surface area contributed by atoms with Gasteiger partial charge in [0.1, 0.15) is 5.82 Å². The lowest BCUT2D eigenvalue weighted by molar-refractivity contribution is -0.0162. The van der Waals surface area contributed by atoms with Gasteiger partial charge in [-0.15, -0.1) is 0 Å². The number of benzene rings is 1. The van der Waals surface area contributed by atoms with E-state index >= 15 is 0 Å². The zero-order valence-corrected chi connectivity index (χ0v) is 11.6. The highest BCUT2D eigenvalue weighted by atomic mass is 19.1. The Morgan fingerprint density at radius 2 is 2.11 bits per heavy atom. The van der Waals surface area contributed by atoms with Crippen molar-refractivity contribution in [2.24, 2.45) is 17.1 Å². The Hall–Kier alpha value is -0.930. The van der Waals surface area contributed by atoms with E-state index in [1.165, 1.54) is 18.6 Å². The van der Waals surface area contributed by atoms with Gasteiger partial charge in [0, 0.05) is 12.0 Å². The topological polar surface area (TPSA) is 46.2 Å². The Kier molecular flexibility index (Phi) is 4.58. The molecule has 3 N–H and O–H groups in total. The summed E-state index contributed by atoms with van der Waals surface area (Å²) < 4.78 is 13.0. The first-order chi connectivity index (χ1) is 9.11. The third-order valence-electron chi connectivity index (χ3n) is 4.73. The molecule has 1 aromatic rings. The maximum absolute atomic E-state index is 13.0. The van der Waals surface area contributed by atoms with Crippen molar-refractivity contribution in [3.8, 4) is 0 Å². The van der Waals surface area contributed by atoms with Gasteiger partial charge in [0.25, 0.3) is 0 Å². The van der Waals surface area contributed by atoms with E-state index in [1.54, 1.807) is 12.1 Å². The van der Waals surface area contributed by atoms with Gasteiger partial charge in [0.2, 0.25) is 0 Å². The molecule has 3 atom stereocenters. The van der Waals surface area contributed by atoms with Crippen molar-refractivity contribution in [1.82, 2.24) is 0 Å². The Labute approximate surface area is 114 Å². The fourth-order valence-corrected chi connectivity index (χ4v) is 3.41. The van der Waals surface area contributed by atoms with Gasteiger partial charge in [-0.25, -0.2) is 4.39 Å². The minimum absolute atomic E-state index is 0.239. The van der Waals surface area contributed by atoms with Crippen LogP contribution in [0, 0.1) is 17.2 Å². The summed E-state index contributed by atoms with van der Waals surface area (Å²) in [4.78, 5) is 0. The van der Waals surface area contributed by atoms with Crippen LogP contribution in [0.1, 0.15) is 50.7 Å². The average Bonchev–Trinajstić information content (AvgIpc) is 2.47. The summed E-state index contributed by atoms with van der Waals surface area (Å²) in [5.74, 6) is 0.375. The molecular weight excluding hydrogens is 241 g/mol. The summed E-state index contributed by atoms with van der Waals surface area (Å²) >= 11 is 0. The molecule has 0 radical (unpaired) electrons. The summed E-state index contributed by atoms with van der Waals surface area (Å²) in [5.41, 5.74) is 6.53. The van der Waals surface area contributed by atoms with Crippen molar-refractivity contribution in [3.05, 3.63) is 35.6 Å². The van der Waals surface area contributed by atoms with E-state index in [4.69, 9.17) is 5.73 Å². The minimum Gasteiger partial charge on any atom is -0.388 e. The van der Waals surface area contributed by atoms with Gasteiger partial charge in [-0.3, -0.25) is 0 Å². The van der Waals surface area contributed by atoms with E-state index in [-0.39, 0.29) is 11.2 Å². The smallest absolute Gasteiger partial charge is 0.123 e. The third-order valence-corrected chi connectivity index (χ3v) is 4.73. The zero-order valence-electron chi connectivity index (χ0n) is 11.6. The molecule has 19 heavy (non-hydrogen) atoms. The van der Waals surface area contributed by atoms with Crippen LogP contribution in [0.2, 0.25) is 0 Å². The standard InChI is InChI=1S/C16H24FNO/c1-2-12-4-3-9-16(10-12,11-18)15(19)13-5-7-14(17)8-6-13/h5-8,12,15,19H,2-4,9-11,18H2,1H3. The molecule has 0 amide bonds. The van der Waals surface area contributed by atoms with Crippen LogP contribution in [0.3, 0.4) is 0 Å². The van der Waals surface area contributed by atoms with E-state index in [9.17, 15) is 9.50 Å². The lowest BCUT2D eigenvalue weighted by Crippen LogP contribution is -2.41. The van der Waals surface area contributed by atoms with E-state index in [2.05, 4.69) is 6.92 Å². The molecule has 0 heterocycles. The van der Waals surface area contributed by atoms with Gasteiger partial charge in [-0.2, -0.15) is 0 Å². The third kappa shape index (κ3) is 2.98. The van der Waals surface area contributed by atoms with E-state index in [1.807, 2.05) is 0 Å². The van der Waals surface area contributed by atoms with Crippen LogP contribution in [-0.2, 0) is 0 Å². The normalized spacial score (nSPS) is 29.2. The Morgan fingerprint density at radius 3 is 2.68 bits per heavy atom. The Morgan fingerprint density at radius 1 is 1.42 bits per heavy atom. The van der Waals surface area contributed by atoms with Crippen molar-refractivity contribution < 1.29 is 9.50 Å². The maximum atomic E-state index is 13.0. The number of halogens is 1. The largest absolute Gasteiger partial charge is 0.388 e. The number of hydrogen-bond acceptors (Lipinski definition) is 2. The van der Waals surface area contributed by atoms with Gasteiger partial charge in [-0.1, -0.05) is 38.3 Å². The van der Waals surface area contributed by atoms with Crippen molar-refractivity contribution in [2.75, 3.05) is 6.54 Å². The molecule has 0 saturated heterocycles. The molecule has 0 bridgehead atoms. The van der Waals surface area contributed by atoms with Crippen molar-refractivity contribution >= 4 is 0 Å². The Balaban J connectivity index is 2.22. The van der Waals surface area contributed by atoms with Gasteiger partial charge in [0.15, 0.2) is 0 Å². The molecule has 106 valence electrons. The monoisotopic (exact) mass is 265 g/mol. The number of rotatable bonds is 4. The highest BCUT2D eigenvalue weighted by molar-refractivity contribution is 5.21. The molecule has 2 rings (SSSR count). The van der Waals surface area contributed by atoms with Crippen LogP contribution in [-0.4, -0.2) is 11.7 Å². The van der Waals surface area contributed by atoms with E-state index in [0.29, 0.717) is 12.5 Å². The zero-order chi connectivity index (χ0) is 13.9. The molecule has 0 spiro atoms. The van der Waals surface area contributed by atoms with Gasteiger partial charge in [-0.05, 0) is 36.5 Å². The summed E-state index contributed by atoms with van der Waals surface area (Å²) in [7, 11) is 0. The maximum Gasteiger partial charge on any atom is 0.123 e. The molecule has 0 aromatic heterocycles. The average molecular weight is 265 g/mol. The second kappa shape index (κ2) is 6.02. The predicted molar refractivity (Wildman–Crippen MR) is 75.1 cm³/mol. The highest BCUT2D eigenvalue weighted by Gasteiger charge is 2.41. The second-order valence-corrected chi connectivity index (χ2v) is 5.89. The molecule has 0 aliphatic heterocycles. The predicted octanol–water partition coefficient (Wildman–Crippen LogP) is 3.40. The fraction of sp³-hybridized carbons (Fsp3) is 0.625. The number of nitrogens with two attached hydrogens (primary N) is 1. The fourth-order valence-electron chi connectivity index (χ4n) is 3.41. The molecule has 1 saturated carbocycles. The summed E-state index contributed by atoms with van der Waals surface area (Å²) in [6, 6.07) is 6.16. The molecule has 1 aliphatic carbocycles. The second-order valence-electron chi connectivity index (χ2n) is 5.89. The highest BCUT2D eigenvalue weighted by Crippen LogP contribution is 2.48. The molecule has 1 aromatic carbocycles. The molecule has 2 nitrogen and oxygen atoms in total. The molecule has 3 heteroatoms. The first-order valence-corrected chi connectivity index (χ1v) is 7.25. The van der Waals surface area contributed by atoms with Crippen LogP contribution in [0.15, 0.2) is 24.3 Å².